The van der Waals surface area contributed by atoms with Gasteiger partial charge in [0.05, 0.1) is 6.54 Å². The first-order valence-corrected chi connectivity index (χ1v) is 10.6. The van der Waals surface area contributed by atoms with Crippen LogP contribution in [0.3, 0.4) is 0 Å². The maximum absolute atomic E-state index is 12.6. The smallest absolute Gasteiger partial charge is 0.237 e. The van der Waals surface area contributed by atoms with Gasteiger partial charge in [0.2, 0.25) is 5.91 Å². The summed E-state index contributed by atoms with van der Waals surface area (Å²) in [6.07, 6.45) is 5.70. The van der Waals surface area contributed by atoms with Crippen LogP contribution < -0.4 is 4.74 Å². The lowest BCUT2D eigenvalue weighted by molar-refractivity contribution is -0.139. The van der Waals surface area contributed by atoms with Crippen LogP contribution in [0.1, 0.15) is 37.7 Å². The van der Waals surface area contributed by atoms with Crippen LogP contribution in [-0.4, -0.2) is 84.7 Å². The van der Waals surface area contributed by atoms with Gasteiger partial charge in [0, 0.05) is 32.2 Å². The van der Waals surface area contributed by atoms with E-state index in [9.17, 15) is 9.90 Å². The zero-order valence-corrected chi connectivity index (χ0v) is 17.3. The van der Waals surface area contributed by atoms with Crippen molar-refractivity contribution in [3.05, 3.63) is 29.8 Å². The van der Waals surface area contributed by atoms with Gasteiger partial charge in [0.15, 0.2) is 0 Å². The molecule has 1 amide bonds. The molecule has 1 aromatic rings. The molecule has 6 heteroatoms. The number of carbonyl (C=O) groups excluding carboxylic acids is 1. The summed E-state index contributed by atoms with van der Waals surface area (Å²) in [5.74, 6) is 1.05. The van der Waals surface area contributed by atoms with Crippen LogP contribution in [0, 0.1) is 0 Å². The molecule has 1 heterocycles. The summed E-state index contributed by atoms with van der Waals surface area (Å²) < 4.78 is 5.66. The molecule has 1 atom stereocenters. The largest absolute Gasteiger partial charge is 0.491 e. The fourth-order valence-electron chi connectivity index (χ4n) is 4.26. The van der Waals surface area contributed by atoms with Gasteiger partial charge in [-0.15, -0.1) is 0 Å². The molecule has 1 aromatic carbocycles. The van der Waals surface area contributed by atoms with Gasteiger partial charge in [-0.1, -0.05) is 31.4 Å². The lowest BCUT2D eigenvalue weighted by atomic mass is 9.93. The second kappa shape index (κ2) is 10.2. The normalized spacial score (nSPS) is 20.6. The molecule has 156 valence electrons. The Hall–Kier alpha value is -1.63. The Bertz CT molecular complexity index is 614. The minimum atomic E-state index is -0.499. The van der Waals surface area contributed by atoms with Crippen molar-refractivity contribution in [2.24, 2.45) is 0 Å². The molecule has 0 radical (unpaired) electrons. The lowest BCUT2D eigenvalue weighted by Gasteiger charge is -2.40. The van der Waals surface area contributed by atoms with E-state index in [1.807, 2.05) is 43.3 Å². The molecule has 1 saturated carbocycles. The molecule has 2 aliphatic rings. The number of nitrogens with zero attached hydrogens (tertiary/aromatic N) is 3. The highest BCUT2D eigenvalue weighted by Gasteiger charge is 2.30. The van der Waals surface area contributed by atoms with E-state index >= 15 is 0 Å². The van der Waals surface area contributed by atoms with Crippen LogP contribution >= 0.6 is 0 Å². The third kappa shape index (κ3) is 6.19. The fraction of sp³-hybridized carbons (Fsp3) is 0.682. The van der Waals surface area contributed by atoms with E-state index in [-0.39, 0.29) is 12.5 Å². The zero-order valence-electron chi connectivity index (χ0n) is 17.3. The number of aliphatic hydroxyl groups excluding tert-OH is 1. The summed E-state index contributed by atoms with van der Waals surface area (Å²) in [7, 11) is 3.86. The highest BCUT2D eigenvalue weighted by molar-refractivity contribution is 5.79. The summed E-state index contributed by atoms with van der Waals surface area (Å²) in [4.78, 5) is 18.9. The predicted molar refractivity (Wildman–Crippen MR) is 110 cm³/mol. The Morgan fingerprint density at radius 1 is 1.14 bits per heavy atom. The average Bonchev–Trinajstić information content (AvgIpc) is 2.68. The molecule has 1 saturated heterocycles. The molecule has 2 fully saturated rings. The molecule has 28 heavy (non-hydrogen) atoms. The van der Waals surface area contributed by atoms with Gasteiger partial charge in [-0.05, 0) is 44.6 Å². The summed E-state index contributed by atoms with van der Waals surface area (Å²) in [5, 5.41) is 9.88. The molecule has 0 bridgehead atoms. The van der Waals surface area contributed by atoms with Crippen LogP contribution in [-0.2, 0) is 11.3 Å². The van der Waals surface area contributed by atoms with Gasteiger partial charge in [-0.3, -0.25) is 9.69 Å². The Morgan fingerprint density at radius 3 is 2.50 bits per heavy atom. The predicted octanol–water partition coefficient (Wildman–Crippen LogP) is 1.96. The van der Waals surface area contributed by atoms with Crippen molar-refractivity contribution in [2.75, 3.05) is 46.9 Å². The number of hydrogen-bond acceptors (Lipinski definition) is 5. The molecular weight excluding hydrogens is 354 g/mol. The van der Waals surface area contributed by atoms with Crippen LogP contribution in [0.2, 0.25) is 0 Å². The van der Waals surface area contributed by atoms with Gasteiger partial charge in [0.25, 0.3) is 0 Å². The highest BCUT2D eigenvalue weighted by atomic mass is 16.5. The molecule has 1 aliphatic carbocycles. The Balaban J connectivity index is 1.44. The molecule has 1 aliphatic heterocycles. The first kappa shape index (κ1) is 21.1. The minimum absolute atomic E-state index is 0.285. The van der Waals surface area contributed by atoms with E-state index in [0.29, 0.717) is 19.1 Å². The van der Waals surface area contributed by atoms with Gasteiger partial charge < -0.3 is 19.6 Å². The molecular formula is C22H35N3O3. The second-order valence-electron chi connectivity index (χ2n) is 8.46. The first-order chi connectivity index (χ1) is 13.5. The van der Waals surface area contributed by atoms with E-state index in [4.69, 9.17) is 4.74 Å². The van der Waals surface area contributed by atoms with Gasteiger partial charge in [-0.2, -0.15) is 0 Å². The van der Waals surface area contributed by atoms with Crippen molar-refractivity contribution in [1.29, 1.82) is 0 Å². The SMILES string of the molecule is CN(C)C[C@@H](O)COc1ccc(CN2CCN(C3CCCCC3)C(=O)C2)cc1. The number of likely N-dealkylation sites (N-methyl/N-ethyl adjacent to an activating group) is 1. The second-order valence-corrected chi connectivity index (χ2v) is 8.46. The number of carbonyl (C=O) groups is 1. The Kier molecular flexibility index (Phi) is 7.71. The molecule has 0 unspecified atom stereocenters. The number of benzene rings is 1. The summed E-state index contributed by atoms with van der Waals surface area (Å²) >= 11 is 0. The number of amides is 1. The van der Waals surface area contributed by atoms with Crippen LogP contribution in [0.25, 0.3) is 0 Å². The van der Waals surface area contributed by atoms with E-state index in [1.54, 1.807) is 0 Å². The summed E-state index contributed by atoms with van der Waals surface area (Å²) in [6.45, 7) is 3.97. The number of aliphatic hydroxyl groups is 1. The molecule has 1 N–H and O–H groups in total. The number of rotatable bonds is 8. The van der Waals surface area contributed by atoms with Crippen molar-refractivity contribution in [1.82, 2.24) is 14.7 Å². The minimum Gasteiger partial charge on any atom is -0.491 e. The average molecular weight is 390 g/mol. The van der Waals surface area contributed by atoms with E-state index in [0.717, 1.165) is 25.4 Å². The number of ether oxygens (including phenoxy) is 1. The summed E-state index contributed by atoms with van der Waals surface area (Å²) in [5.41, 5.74) is 1.18. The molecule has 0 spiro atoms. The zero-order chi connectivity index (χ0) is 19.9. The molecule has 3 rings (SSSR count). The lowest BCUT2D eigenvalue weighted by Crippen LogP contribution is -2.54. The van der Waals surface area contributed by atoms with E-state index in [2.05, 4.69) is 9.80 Å². The number of piperazine rings is 1. The van der Waals surface area contributed by atoms with E-state index < -0.39 is 6.10 Å². The maximum atomic E-state index is 12.6. The van der Waals surface area contributed by atoms with Crippen molar-refractivity contribution >= 4 is 5.91 Å². The molecule has 6 nitrogen and oxygen atoms in total. The van der Waals surface area contributed by atoms with Gasteiger partial charge >= 0.3 is 0 Å². The maximum Gasteiger partial charge on any atom is 0.237 e. The topological polar surface area (TPSA) is 56.3 Å². The van der Waals surface area contributed by atoms with Gasteiger partial charge in [0.1, 0.15) is 18.5 Å². The van der Waals surface area contributed by atoms with Crippen molar-refractivity contribution in [3.8, 4) is 5.75 Å². The quantitative estimate of drug-likeness (QED) is 0.737. The third-order valence-corrected chi connectivity index (χ3v) is 5.70. The summed E-state index contributed by atoms with van der Waals surface area (Å²) in [6, 6.07) is 8.45. The Labute approximate surface area is 169 Å². The van der Waals surface area contributed by atoms with Crippen molar-refractivity contribution < 1.29 is 14.6 Å². The third-order valence-electron chi connectivity index (χ3n) is 5.70. The van der Waals surface area contributed by atoms with E-state index in [1.165, 1.54) is 37.7 Å². The standard InChI is InChI=1S/C22H35N3O3/c1-23(2)15-20(26)17-28-21-10-8-18(9-11-21)14-24-12-13-25(22(27)16-24)19-6-4-3-5-7-19/h8-11,19-20,26H,3-7,12-17H2,1-2H3/t20-/m1/s1. The van der Waals surface area contributed by atoms with Crippen molar-refractivity contribution in [2.45, 2.75) is 50.8 Å². The van der Waals surface area contributed by atoms with Crippen molar-refractivity contribution in [3.63, 3.8) is 0 Å². The molecule has 0 aromatic heterocycles. The van der Waals surface area contributed by atoms with Gasteiger partial charge in [-0.25, -0.2) is 0 Å². The van der Waals surface area contributed by atoms with Crippen LogP contribution in [0.4, 0.5) is 0 Å². The first-order valence-electron chi connectivity index (χ1n) is 10.6. The number of hydrogen-bond donors (Lipinski definition) is 1. The fourth-order valence-corrected chi connectivity index (χ4v) is 4.26. The van der Waals surface area contributed by atoms with Crippen LogP contribution in [0.15, 0.2) is 24.3 Å². The Morgan fingerprint density at radius 2 is 1.86 bits per heavy atom. The highest BCUT2D eigenvalue weighted by Crippen LogP contribution is 2.24. The van der Waals surface area contributed by atoms with Crippen LogP contribution in [0.5, 0.6) is 5.75 Å². The monoisotopic (exact) mass is 389 g/mol.